The molecule has 0 aliphatic heterocycles. The van der Waals surface area contributed by atoms with E-state index in [4.69, 9.17) is 14.5 Å². The fourth-order valence-electron chi connectivity index (χ4n) is 3.13. The standard InChI is InChI=1S/C26H26N2O2S/c1-19(27-2)26-28-24(18-31-26)23-14-13-22(29-16-20-9-5-3-6-10-20)15-25(23)30-17-21-11-7-4-8-12-21/h3-15,18-19,27H,16-17H2,1-2H3. The zero-order valence-electron chi connectivity index (χ0n) is 17.7. The summed E-state index contributed by atoms with van der Waals surface area (Å²) in [5.74, 6) is 1.54. The smallest absolute Gasteiger partial charge is 0.132 e. The Hall–Kier alpha value is -3.15. The molecule has 5 heteroatoms. The number of hydrogen-bond acceptors (Lipinski definition) is 5. The third-order valence-electron chi connectivity index (χ3n) is 5.04. The molecule has 1 aromatic heterocycles. The van der Waals surface area contributed by atoms with E-state index in [1.54, 1.807) is 11.3 Å². The molecule has 4 rings (SSSR count). The molecule has 1 N–H and O–H groups in total. The fourth-order valence-corrected chi connectivity index (χ4v) is 4.02. The van der Waals surface area contributed by atoms with Gasteiger partial charge in [-0.05, 0) is 37.2 Å². The number of rotatable bonds is 9. The Bertz CT molecular complexity index is 1100. The Morgan fingerprint density at radius 3 is 2.16 bits per heavy atom. The minimum absolute atomic E-state index is 0.209. The van der Waals surface area contributed by atoms with Crippen LogP contribution >= 0.6 is 11.3 Å². The van der Waals surface area contributed by atoms with E-state index in [1.165, 1.54) is 0 Å². The minimum atomic E-state index is 0.209. The lowest BCUT2D eigenvalue weighted by atomic mass is 10.1. The van der Waals surface area contributed by atoms with E-state index in [0.29, 0.717) is 13.2 Å². The Balaban J connectivity index is 1.58. The summed E-state index contributed by atoms with van der Waals surface area (Å²) in [5.41, 5.74) is 4.13. The molecule has 0 fully saturated rings. The summed E-state index contributed by atoms with van der Waals surface area (Å²) >= 11 is 1.65. The first kappa shape index (κ1) is 21.1. The Kier molecular flexibility index (Phi) is 6.97. The van der Waals surface area contributed by atoms with Crippen molar-refractivity contribution in [1.82, 2.24) is 10.3 Å². The lowest BCUT2D eigenvalue weighted by Crippen LogP contribution is -2.11. The molecule has 4 nitrogen and oxygen atoms in total. The third kappa shape index (κ3) is 5.51. The van der Waals surface area contributed by atoms with Crippen LogP contribution in [0.2, 0.25) is 0 Å². The van der Waals surface area contributed by atoms with Gasteiger partial charge in [-0.25, -0.2) is 4.98 Å². The second kappa shape index (κ2) is 10.2. The summed E-state index contributed by atoms with van der Waals surface area (Å²) in [4.78, 5) is 4.83. The molecule has 0 aliphatic carbocycles. The van der Waals surface area contributed by atoms with Gasteiger partial charge < -0.3 is 14.8 Å². The van der Waals surface area contributed by atoms with Gasteiger partial charge in [0.25, 0.3) is 0 Å². The van der Waals surface area contributed by atoms with Crippen molar-refractivity contribution in [3.05, 3.63) is 100 Å². The summed E-state index contributed by atoms with van der Waals surface area (Å²) < 4.78 is 12.3. The number of aromatic nitrogens is 1. The monoisotopic (exact) mass is 430 g/mol. The molecule has 0 bridgehead atoms. The molecule has 0 spiro atoms. The summed E-state index contributed by atoms with van der Waals surface area (Å²) in [6, 6.07) is 26.5. The highest BCUT2D eigenvalue weighted by Crippen LogP contribution is 2.35. The van der Waals surface area contributed by atoms with Crippen LogP contribution in [-0.4, -0.2) is 12.0 Å². The summed E-state index contributed by atoms with van der Waals surface area (Å²) in [7, 11) is 1.94. The van der Waals surface area contributed by atoms with Crippen molar-refractivity contribution in [3.8, 4) is 22.8 Å². The maximum Gasteiger partial charge on any atom is 0.132 e. The lowest BCUT2D eigenvalue weighted by Gasteiger charge is -2.14. The van der Waals surface area contributed by atoms with Gasteiger partial charge in [-0.3, -0.25) is 0 Å². The quantitative estimate of drug-likeness (QED) is 0.341. The molecule has 0 radical (unpaired) electrons. The van der Waals surface area contributed by atoms with Gasteiger partial charge in [-0.15, -0.1) is 11.3 Å². The fraction of sp³-hybridized carbons (Fsp3) is 0.192. The molecule has 0 saturated heterocycles. The van der Waals surface area contributed by atoms with Crippen molar-refractivity contribution < 1.29 is 9.47 Å². The molecule has 4 aromatic rings. The second-order valence-electron chi connectivity index (χ2n) is 7.29. The number of nitrogens with one attached hydrogen (secondary N) is 1. The van der Waals surface area contributed by atoms with Gasteiger partial charge in [-0.1, -0.05) is 60.7 Å². The number of hydrogen-bond donors (Lipinski definition) is 1. The van der Waals surface area contributed by atoms with Crippen LogP contribution in [0.15, 0.2) is 84.2 Å². The third-order valence-corrected chi connectivity index (χ3v) is 6.07. The maximum atomic E-state index is 6.24. The first-order valence-corrected chi connectivity index (χ1v) is 11.2. The van der Waals surface area contributed by atoms with Crippen LogP contribution in [0.25, 0.3) is 11.3 Å². The molecule has 0 saturated carbocycles. The zero-order chi connectivity index (χ0) is 21.5. The van der Waals surface area contributed by atoms with Crippen LogP contribution in [0, 0.1) is 0 Å². The zero-order valence-corrected chi connectivity index (χ0v) is 18.6. The number of nitrogens with zero attached hydrogens (tertiary/aromatic N) is 1. The van der Waals surface area contributed by atoms with Gasteiger partial charge in [0, 0.05) is 17.0 Å². The topological polar surface area (TPSA) is 43.4 Å². The van der Waals surface area contributed by atoms with Crippen LogP contribution in [-0.2, 0) is 13.2 Å². The van der Waals surface area contributed by atoms with Crippen LogP contribution in [0.5, 0.6) is 11.5 Å². The van der Waals surface area contributed by atoms with Gasteiger partial charge in [0.1, 0.15) is 29.7 Å². The number of thiazole rings is 1. The first-order chi connectivity index (χ1) is 15.2. The van der Waals surface area contributed by atoms with Crippen molar-refractivity contribution in [3.63, 3.8) is 0 Å². The Morgan fingerprint density at radius 2 is 1.52 bits per heavy atom. The van der Waals surface area contributed by atoms with E-state index in [0.717, 1.165) is 38.9 Å². The van der Waals surface area contributed by atoms with Crippen molar-refractivity contribution in [2.24, 2.45) is 0 Å². The lowest BCUT2D eigenvalue weighted by molar-refractivity contribution is 0.291. The molecule has 158 valence electrons. The second-order valence-corrected chi connectivity index (χ2v) is 8.18. The van der Waals surface area contributed by atoms with Gasteiger partial charge in [0.2, 0.25) is 0 Å². The molecular weight excluding hydrogens is 404 g/mol. The van der Waals surface area contributed by atoms with Crippen LogP contribution in [0.3, 0.4) is 0 Å². The van der Waals surface area contributed by atoms with Crippen molar-refractivity contribution in [2.75, 3.05) is 7.05 Å². The van der Waals surface area contributed by atoms with Crippen LogP contribution < -0.4 is 14.8 Å². The van der Waals surface area contributed by atoms with E-state index in [2.05, 4.69) is 41.9 Å². The summed E-state index contributed by atoms with van der Waals surface area (Å²) in [5, 5.41) is 6.38. The SMILES string of the molecule is CNC(C)c1nc(-c2ccc(OCc3ccccc3)cc2OCc2ccccc2)cs1. The molecule has 3 aromatic carbocycles. The largest absolute Gasteiger partial charge is 0.489 e. The predicted molar refractivity (Wildman–Crippen MR) is 127 cm³/mol. The van der Waals surface area contributed by atoms with Gasteiger partial charge in [0.05, 0.1) is 11.7 Å². The van der Waals surface area contributed by atoms with Crippen molar-refractivity contribution >= 4 is 11.3 Å². The summed E-state index contributed by atoms with van der Waals surface area (Å²) in [6.45, 7) is 3.11. The minimum Gasteiger partial charge on any atom is -0.489 e. The maximum absolute atomic E-state index is 6.24. The highest BCUT2D eigenvalue weighted by atomic mass is 32.1. The van der Waals surface area contributed by atoms with Crippen LogP contribution in [0.4, 0.5) is 0 Å². The van der Waals surface area contributed by atoms with E-state index < -0.39 is 0 Å². The summed E-state index contributed by atoms with van der Waals surface area (Å²) in [6.07, 6.45) is 0. The van der Waals surface area contributed by atoms with E-state index in [9.17, 15) is 0 Å². The van der Waals surface area contributed by atoms with Gasteiger partial charge >= 0.3 is 0 Å². The number of benzene rings is 3. The molecule has 0 aliphatic rings. The highest BCUT2D eigenvalue weighted by molar-refractivity contribution is 7.10. The van der Waals surface area contributed by atoms with Crippen LogP contribution in [0.1, 0.15) is 29.1 Å². The Morgan fingerprint density at radius 1 is 0.871 bits per heavy atom. The molecule has 31 heavy (non-hydrogen) atoms. The predicted octanol–water partition coefficient (Wildman–Crippen LogP) is 6.25. The van der Waals surface area contributed by atoms with E-state index in [1.807, 2.05) is 61.6 Å². The average molecular weight is 431 g/mol. The molecule has 0 amide bonds. The molecule has 1 unspecified atom stereocenters. The first-order valence-electron chi connectivity index (χ1n) is 10.3. The molecule has 1 heterocycles. The number of ether oxygens (including phenoxy) is 2. The average Bonchev–Trinajstić information content (AvgIpc) is 3.32. The van der Waals surface area contributed by atoms with E-state index >= 15 is 0 Å². The van der Waals surface area contributed by atoms with Crippen molar-refractivity contribution in [1.29, 1.82) is 0 Å². The Labute approximate surface area is 187 Å². The molecule has 1 atom stereocenters. The normalized spacial score (nSPS) is 11.8. The molecular formula is C26H26N2O2S. The van der Waals surface area contributed by atoms with Gasteiger partial charge in [0.15, 0.2) is 0 Å². The van der Waals surface area contributed by atoms with Crippen molar-refractivity contribution in [2.45, 2.75) is 26.2 Å². The highest BCUT2D eigenvalue weighted by Gasteiger charge is 2.15. The van der Waals surface area contributed by atoms with Gasteiger partial charge in [-0.2, -0.15) is 0 Å². The van der Waals surface area contributed by atoms with E-state index in [-0.39, 0.29) is 6.04 Å².